The molecule has 0 aliphatic heterocycles. The number of anilines is 1. The Labute approximate surface area is 129 Å². The number of nitrogens with two attached hydrogens (primary N) is 1. The fraction of sp³-hybridized carbons (Fsp3) is 0.385. The minimum Gasteiger partial charge on any atom is -0.392 e. The summed E-state index contributed by atoms with van der Waals surface area (Å²) in [4.78, 5) is 12.4. The van der Waals surface area contributed by atoms with Gasteiger partial charge in [0.05, 0.1) is 16.1 Å². The summed E-state index contributed by atoms with van der Waals surface area (Å²) in [6.45, 7) is 1.98. The van der Waals surface area contributed by atoms with Gasteiger partial charge in [-0.2, -0.15) is 0 Å². The van der Waals surface area contributed by atoms with E-state index in [1.54, 1.807) is 0 Å². The Morgan fingerprint density at radius 2 is 2.10 bits per heavy atom. The Hall–Kier alpha value is -1.08. The Bertz CT molecular complexity index is 565. The summed E-state index contributed by atoms with van der Waals surface area (Å²) in [5, 5.41) is 2.46. The first kappa shape index (κ1) is 15.3. The highest BCUT2D eigenvalue weighted by Gasteiger charge is 2.51. The van der Waals surface area contributed by atoms with E-state index in [2.05, 4.69) is 21.2 Å². The van der Waals surface area contributed by atoms with Crippen molar-refractivity contribution in [2.75, 3.05) is 5.32 Å². The van der Waals surface area contributed by atoms with Crippen molar-refractivity contribution in [3.05, 3.63) is 28.2 Å². The van der Waals surface area contributed by atoms with E-state index < -0.39 is 23.0 Å². The number of hydrogen-bond donors (Lipinski definition) is 2. The zero-order valence-electron chi connectivity index (χ0n) is 10.7. The Kier molecular flexibility index (Phi) is 4.11. The van der Waals surface area contributed by atoms with Crippen molar-refractivity contribution >= 4 is 44.7 Å². The van der Waals surface area contributed by atoms with Crippen LogP contribution >= 0.6 is 28.1 Å². The van der Waals surface area contributed by atoms with Gasteiger partial charge in [0, 0.05) is 10.5 Å². The van der Waals surface area contributed by atoms with Gasteiger partial charge in [0.15, 0.2) is 5.82 Å². The van der Waals surface area contributed by atoms with Crippen LogP contribution in [-0.2, 0) is 4.79 Å². The van der Waals surface area contributed by atoms with Gasteiger partial charge in [0.25, 0.3) is 0 Å². The predicted octanol–water partition coefficient (Wildman–Crippen LogP) is 3.37. The van der Waals surface area contributed by atoms with E-state index in [1.165, 1.54) is 0 Å². The van der Waals surface area contributed by atoms with Crippen molar-refractivity contribution < 1.29 is 13.6 Å². The minimum absolute atomic E-state index is 0.103. The van der Waals surface area contributed by atoms with Crippen LogP contribution in [0.1, 0.15) is 19.8 Å². The molecule has 0 spiro atoms. The average Bonchev–Trinajstić information content (AvgIpc) is 2.28. The highest BCUT2D eigenvalue weighted by molar-refractivity contribution is 9.10. The fourth-order valence-corrected chi connectivity index (χ4v) is 3.29. The quantitative estimate of drug-likeness (QED) is 0.810. The van der Waals surface area contributed by atoms with Gasteiger partial charge in [-0.1, -0.05) is 19.1 Å². The first-order chi connectivity index (χ1) is 9.26. The molecule has 1 fully saturated rings. The third kappa shape index (κ3) is 2.56. The summed E-state index contributed by atoms with van der Waals surface area (Å²) < 4.78 is 26.9. The lowest BCUT2D eigenvalue weighted by molar-refractivity contribution is -0.127. The van der Waals surface area contributed by atoms with Gasteiger partial charge in [-0.3, -0.25) is 4.79 Å². The molecule has 20 heavy (non-hydrogen) atoms. The largest absolute Gasteiger partial charge is 0.392 e. The summed E-state index contributed by atoms with van der Waals surface area (Å²) >= 11 is 7.99. The minimum atomic E-state index is -0.935. The first-order valence-corrected chi connectivity index (χ1v) is 7.22. The monoisotopic (exact) mass is 362 g/mol. The fourth-order valence-electron chi connectivity index (χ4n) is 2.52. The van der Waals surface area contributed by atoms with Crippen LogP contribution in [0.15, 0.2) is 16.6 Å². The number of thiocarbonyl (C=S) groups is 1. The second-order valence-electron chi connectivity index (χ2n) is 5.16. The lowest BCUT2D eigenvalue weighted by Gasteiger charge is -2.44. The molecule has 108 valence electrons. The molecule has 1 aliphatic rings. The molecule has 2 rings (SSSR count). The molecule has 0 saturated heterocycles. The summed E-state index contributed by atoms with van der Waals surface area (Å²) in [5.41, 5.74) is 4.61. The molecule has 7 heteroatoms. The molecule has 1 aliphatic carbocycles. The van der Waals surface area contributed by atoms with Crippen LogP contribution < -0.4 is 11.1 Å². The smallest absolute Gasteiger partial charge is 0.237 e. The number of benzene rings is 1. The molecule has 0 unspecified atom stereocenters. The SMILES string of the molecule is CC1CC(C(=O)Nc2c(F)cc(F)cc2Br)(C(N)=S)C1. The first-order valence-electron chi connectivity index (χ1n) is 6.02. The average molecular weight is 363 g/mol. The zero-order chi connectivity index (χ0) is 15.1. The van der Waals surface area contributed by atoms with E-state index in [1.807, 2.05) is 6.92 Å². The van der Waals surface area contributed by atoms with Crippen LogP contribution in [0.3, 0.4) is 0 Å². The zero-order valence-corrected chi connectivity index (χ0v) is 13.1. The summed E-state index contributed by atoms with van der Waals surface area (Å²) in [6, 6.07) is 1.78. The number of carbonyl (C=O) groups is 1. The third-order valence-electron chi connectivity index (χ3n) is 3.55. The van der Waals surface area contributed by atoms with Crippen LogP contribution in [-0.4, -0.2) is 10.9 Å². The lowest BCUT2D eigenvalue weighted by atomic mass is 9.62. The Morgan fingerprint density at radius 1 is 1.50 bits per heavy atom. The molecule has 1 saturated carbocycles. The topological polar surface area (TPSA) is 55.1 Å². The maximum Gasteiger partial charge on any atom is 0.237 e. The molecule has 0 heterocycles. The molecule has 1 aromatic carbocycles. The second kappa shape index (κ2) is 5.37. The summed E-state index contributed by atoms with van der Waals surface area (Å²) in [5.74, 6) is -1.69. The van der Waals surface area contributed by atoms with E-state index in [4.69, 9.17) is 18.0 Å². The van der Waals surface area contributed by atoms with Crippen LogP contribution in [0.5, 0.6) is 0 Å². The maximum atomic E-state index is 13.7. The number of hydrogen-bond acceptors (Lipinski definition) is 2. The van der Waals surface area contributed by atoms with E-state index in [0.717, 1.165) is 6.07 Å². The van der Waals surface area contributed by atoms with Crippen molar-refractivity contribution in [1.82, 2.24) is 0 Å². The predicted molar refractivity (Wildman–Crippen MR) is 80.3 cm³/mol. The summed E-state index contributed by atoms with van der Waals surface area (Å²) in [7, 11) is 0. The van der Waals surface area contributed by atoms with Crippen molar-refractivity contribution in [2.45, 2.75) is 19.8 Å². The molecule has 1 amide bonds. The van der Waals surface area contributed by atoms with E-state index >= 15 is 0 Å². The van der Waals surface area contributed by atoms with Crippen LogP contribution in [0.2, 0.25) is 0 Å². The standard InChI is InChI=1S/C13H13BrF2N2OS/c1-6-4-13(5-6,11(17)20)12(19)18-10-8(14)2-7(15)3-9(10)16/h2-3,6H,4-5H2,1H3,(H2,17,20)(H,18,19). The number of amides is 1. The normalized spacial score (nSPS) is 24.9. The van der Waals surface area contributed by atoms with Crippen LogP contribution in [0.25, 0.3) is 0 Å². The molecule has 1 aromatic rings. The third-order valence-corrected chi connectivity index (χ3v) is 4.56. The molecule has 0 radical (unpaired) electrons. The van der Waals surface area contributed by atoms with E-state index in [9.17, 15) is 13.6 Å². The van der Waals surface area contributed by atoms with Gasteiger partial charge in [0.1, 0.15) is 5.82 Å². The second-order valence-corrected chi connectivity index (χ2v) is 6.45. The number of carbonyl (C=O) groups excluding carboxylic acids is 1. The molecule has 0 atom stereocenters. The van der Waals surface area contributed by atoms with Crippen molar-refractivity contribution in [3.63, 3.8) is 0 Å². The van der Waals surface area contributed by atoms with E-state index in [0.29, 0.717) is 24.8 Å². The molecule has 0 bridgehead atoms. The molecular weight excluding hydrogens is 350 g/mol. The van der Waals surface area contributed by atoms with Gasteiger partial charge < -0.3 is 11.1 Å². The molecule has 3 nitrogen and oxygen atoms in total. The van der Waals surface area contributed by atoms with Gasteiger partial charge in [-0.15, -0.1) is 0 Å². The number of nitrogens with one attached hydrogen (secondary N) is 1. The van der Waals surface area contributed by atoms with Crippen molar-refractivity contribution in [1.29, 1.82) is 0 Å². The highest BCUT2D eigenvalue weighted by Crippen LogP contribution is 2.47. The van der Waals surface area contributed by atoms with Crippen molar-refractivity contribution in [2.24, 2.45) is 17.1 Å². The Morgan fingerprint density at radius 3 is 2.55 bits per heavy atom. The molecular formula is C13H13BrF2N2OS. The van der Waals surface area contributed by atoms with Crippen LogP contribution in [0.4, 0.5) is 14.5 Å². The van der Waals surface area contributed by atoms with Crippen molar-refractivity contribution in [3.8, 4) is 0 Å². The van der Waals surface area contributed by atoms with Gasteiger partial charge >= 0.3 is 0 Å². The van der Waals surface area contributed by atoms with E-state index in [-0.39, 0.29) is 15.1 Å². The molecule has 3 N–H and O–H groups in total. The number of rotatable bonds is 3. The van der Waals surface area contributed by atoms with Crippen LogP contribution in [0, 0.1) is 23.0 Å². The maximum absolute atomic E-state index is 13.7. The highest BCUT2D eigenvalue weighted by atomic mass is 79.9. The van der Waals surface area contributed by atoms with Gasteiger partial charge in [-0.05, 0) is 40.8 Å². The molecule has 0 aromatic heterocycles. The summed E-state index contributed by atoms with van der Waals surface area (Å²) in [6.07, 6.45) is 1.07. The van der Waals surface area contributed by atoms with Gasteiger partial charge in [-0.25, -0.2) is 8.78 Å². The Balaban J connectivity index is 2.26. The van der Waals surface area contributed by atoms with Gasteiger partial charge in [0.2, 0.25) is 5.91 Å². The lowest BCUT2D eigenvalue weighted by Crippen LogP contribution is -2.54. The number of halogens is 3.